The van der Waals surface area contributed by atoms with E-state index < -0.39 is 0 Å². The van der Waals surface area contributed by atoms with Crippen molar-refractivity contribution in [1.82, 2.24) is 10.2 Å². The van der Waals surface area contributed by atoms with Crippen LogP contribution in [0.2, 0.25) is 0 Å². The molecule has 1 saturated heterocycles. The van der Waals surface area contributed by atoms with Crippen LogP contribution in [0.4, 0.5) is 0 Å². The van der Waals surface area contributed by atoms with Gasteiger partial charge < -0.3 is 15.3 Å². The van der Waals surface area contributed by atoms with Crippen molar-refractivity contribution in [3.8, 4) is 0 Å². The van der Waals surface area contributed by atoms with Crippen LogP contribution in [0, 0.1) is 0 Å². The first-order chi connectivity index (χ1) is 9.13. The number of nitrogens with zero attached hydrogens (tertiary/aromatic N) is 1. The molecular weight excluding hydrogens is 240 g/mol. The number of rotatable bonds is 7. The van der Waals surface area contributed by atoms with Crippen molar-refractivity contribution in [3.63, 3.8) is 0 Å². The molecule has 0 aromatic rings. The summed E-state index contributed by atoms with van der Waals surface area (Å²) in [4.78, 5) is 14.2. The maximum atomic E-state index is 12.2. The Morgan fingerprint density at radius 2 is 1.89 bits per heavy atom. The number of carbonyl (C=O) groups excluding carboxylic acids is 1. The van der Waals surface area contributed by atoms with Crippen LogP contribution < -0.4 is 5.32 Å². The van der Waals surface area contributed by atoms with Gasteiger partial charge in [-0.05, 0) is 39.2 Å². The molecule has 0 spiro atoms. The van der Waals surface area contributed by atoms with E-state index in [1.54, 1.807) is 0 Å². The molecular formula is C15H30N2O2. The van der Waals surface area contributed by atoms with Crippen molar-refractivity contribution in [2.75, 3.05) is 19.6 Å². The van der Waals surface area contributed by atoms with Gasteiger partial charge in [-0.25, -0.2) is 0 Å². The molecule has 0 saturated carbocycles. The molecule has 1 heterocycles. The lowest BCUT2D eigenvalue weighted by atomic mass is 10.1. The van der Waals surface area contributed by atoms with E-state index in [-0.39, 0.29) is 18.1 Å². The molecule has 1 amide bonds. The predicted molar refractivity (Wildman–Crippen MR) is 78.0 cm³/mol. The Kier molecular flexibility index (Phi) is 8.07. The fraction of sp³-hybridized carbons (Fsp3) is 0.933. The largest absolute Gasteiger partial charge is 0.393 e. The van der Waals surface area contributed by atoms with E-state index >= 15 is 0 Å². The minimum Gasteiger partial charge on any atom is -0.393 e. The van der Waals surface area contributed by atoms with Crippen LogP contribution in [0.15, 0.2) is 0 Å². The second kappa shape index (κ2) is 9.32. The van der Waals surface area contributed by atoms with Gasteiger partial charge in [0, 0.05) is 25.6 Å². The van der Waals surface area contributed by atoms with E-state index in [1.807, 2.05) is 18.7 Å². The Labute approximate surface area is 117 Å². The Hall–Kier alpha value is -0.610. The molecule has 1 aliphatic rings. The monoisotopic (exact) mass is 270 g/mol. The van der Waals surface area contributed by atoms with Gasteiger partial charge in [0.2, 0.25) is 5.91 Å². The standard InChI is InChI=1S/C15H30N2O2/c1-3-14(18)8-9-16-13(2)12-15(19)17-10-6-4-5-7-11-17/h13-14,16,18H,3-12H2,1-2H3. The molecule has 4 heteroatoms. The van der Waals surface area contributed by atoms with Gasteiger partial charge in [-0.2, -0.15) is 0 Å². The molecule has 1 fully saturated rings. The number of aliphatic hydroxyl groups excluding tert-OH is 1. The zero-order valence-corrected chi connectivity index (χ0v) is 12.5. The quantitative estimate of drug-likeness (QED) is 0.743. The van der Waals surface area contributed by atoms with Gasteiger partial charge in [-0.3, -0.25) is 4.79 Å². The molecule has 0 radical (unpaired) electrons. The SMILES string of the molecule is CCC(O)CCNC(C)CC(=O)N1CCCCCC1. The summed E-state index contributed by atoms with van der Waals surface area (Å²) in [5.74, 6) is 0.276. The number of hydrogen-bond donors (Lipinski definition) is 2. The number of aliphatic hydroxyl groups is 1. The second-order valence-electron chi connectivity index (χ2n) is 5.71. The number of amides is 1. The summed E-state index contributed by atoms with van der Waals surface area (Å²) in [6, 6.07) is 0.194. The summed E-state index contributed by atoms with van der Waals surface area (Å²) in [5.41, 5.74) is 0. The summed E-state index contributed by atoms with van der Waals surface area (Å²) < 4.78 is 0. The first-order valence-electron chi connectivity index (χ1n) is 7.82. The highest BCUT2D eigenvalue weighted by Gasteiger charge is 2.17. The minimum atomic E-state index is -0.221. The third kappa shape index (κ3) is 6.92. The molecule has 2 N–H and O–H groups in total. The maximum absolute atomic E-state index is 12.2. The molecule has 19 heavy (non-hydrogen) atoms. The summed E-state index contributed by atoms with van der Waals surface area (Å²) >= 11 is 0. The molecule has 0 bridgehead atoms. The Morgan fingerprint density at radius 1 is 1.26 bits per heavy atom. The first kappa shape index (κ1) is 16.4. The highest BCUT2D eigenvalue weighted by atomic mass is 16.3. The van der Waals surface area contributed by atoms with Crippen LogP contribution in [0.5, 0.6) is 0 Å². The third-order valence-electron chi connectivity index (χ3n) is 3.88. The summed E-state index contributed by atoms with van der Waals surface area (Å²) in [5, 5.41) is 12.8. The van der Waals surface area contributed by atoms with Gasteiger partial charge in [0.25, 0.3) is 0 Å². The lowest BCUT2D eigenvalue weighted by Gasteiger charge is -2.23. The molecule has 4 nitrogen and oxygen atoms in total. The number of likely N-dealkylation sites (tertiary alicyclic amines) is 1. The van der Waals surface area contributed by atoms with Gasteiger partial charge in [-0.15, -0.1) is 0 Å². The van der Waals surface area contributed by atoms with E-state index in [0.29, 0.717) is 6.42 Å². The summed E-state index contributed by atoms with van der Waals surface area (Å²) in [6.45, 7) is 6.68. The van der Waals surface area contributed by atoms with Crippen LogP contribution in [-0.2, 0) is 4.79 Å². The highest BCUT2D eigenvalue weighted by Crippen LogP contribution is 2.11. The molecule has 112 valence electrons. The van der Waals surface area contributed by atoms with Crippen molar-refractivity contribution in [3.05, 3.63) is 0 Å². The fourth-order valence-electron chi connectivity index (χ4n) is 2.48. The lowest BCUT2D eigenvalue weighted by molar-refractivity contribution is -0.131. The van der Waals surface area contributed by atoms with E-state index in [4.69, 9.17) is 0 Å². The summed E-state index contributed by atoms with van der Waals surface area (Å²) in [7, 11) is 0. The van der Waals surface area contributed by atoms with Crippen LogP contribution in [-0.4, -0.2) is 47.7 Å². The van der Waals surface area contributed by atoms with E-state index in [9.17, 15) is 9.90 Å². The molecule has 0 aromatic carbocycles. The molecule has 0 aliphatic carbocycles. The number of carbonyl (C=O) groups is 1. The van der Waals surface area contributed by atoms with Crippen molar-refractivity contribution >= 4 is 5.91 Å². The van der Waals surface area contributed by atoms with E-state index in [1.165, 1.54) is 12.8 Å². The average molecular weight is 270 g/mol. The van der Waals surface area contributed by atoms with Crippen molar-refractivity contribution in [1.29, 1.82) is 0 Å². The van der Waals surface area contributed by atoms with Crippen LogP contribution in [0.25, 0.3) is 0 Å². The first-order valence-corrected chi connectivity index (χ1v) is 7.82. The van der Waals surface area contributed by atoms with Gasteiger partial charge in [0.05, 0.1) is 6.10 Å². The van der Waals surface area contributed by atoms with E-state index in [0.717, 1.165) is 45.3 Å². The number of hydrogen-bond acceptors (Lipinski definition) is 3. The normalized spacial score (nSPS) is 19.8. The van der Waals surface area contributed by atoms with Gasteiger partial charge in [0.1, 0.15) is 0 Å². The minimum absolute atomic E-state index is 0.194. The van der Waals surface area contributed by atoms with Gasteiger partial charge in [0.15, 0.2) is 0 Å². The Balaban J connectivity index is 2.19. The zero-order chi connectivity index (χ0) is 14.1. The number of nitrogens with one attached hydrogen (secondary N) is 1. The van der Waals surface area contributed by atoms with Gasteiger partial charge in [-0.1, -0.05) is 19.8 Å². The molecule has 2 unspecified atom stereocenters. The zero-order valence-electron chi connectivity index (χ0n) is 12.5. The average Bonchev–Trinajstić information content (AvgIpc) is 2.67. The predicted octanol–water partition coefficient (Wildman–Crippen LogP) is 1.92. The lowest BCUT2D eigenvalue weighted by Crippen LogP contribution is -2.38. The highest BCUT2D eigenvalue weighted by molar-refractivity contribution is 5.76. The van der Waals surface area contributed by atoms with Crippen LogP contribution in [0.3, 0.4) is 0 Å². The van der Waals surface area contributed by atoms with Crippen molar-refractivity contribution in [2.45, 2.75) is 70.9 Å². The molecule has 0 aromatic heterocycles. The summed E-state index contributed by atoms with van der Waals surface area (Å²) in [6.07, 6.45) is 6.72. The Bertz CT molecular complexity index is 251. The van der Waals surface area contributed by atoms with E-state index in [2.05, 4.69) is 5.32 Å². The molecule has 2 atom stereocenters. The van der Waals surface area contributed by atoms with Crippen LogP contribution in [0.1, 0.15) is 58.8 Å². The third-order valence-corrected chi connectivity index (χ3v) is 3.88. The fourth-order valence-corrected chi connectivity index (χ4v) is 2.48. The topological polar surface area (TPSA) is 52.6 Å². The van der Waals surface area contributed by atoms with Crippen molar-refractivity contribution < 1.29 is 9.90 Å². The molecule has 1 rings (SSSR count). The second-order valence-corrected chi connectivity index (χ2v) is 5.71. The van der Waals surface area contributed by atoms with Crippen molar-refractivity contribution in [2.24, 2.45) is 0 Å². The smallest absolute Gasteiger partial charge is 0.224 e. The maximum Gasteiger partial charge on any atom is 0.224 e. The Morgan fingerprint density at radius 3 is 2.47 bits per heavy atom. The van der Waals surface area contributed by atoms with Crippen LogP contribution >= 0.6 is 0 Å². The van der Waals surface area contributed by atoms with Gasteiger partial charge >= 0.3 is 0 Å². The molecule has 1 aliphatic heterocycles.